The van der Waals surface area contributed by atoms with Crippen molar-refractivity contribution in [3.8, 4) is 11.5 Å². The number of carbonyl (C=O) groups excluding carboxylic acids is 1. The minimum atomic E-state index is -3.60. The molecule has 5 rings (SSSR count). The summed E-state index contributed by atoms with van der Waals surface area (Å²) in [6, 6.07) is 21.4. The van der Waals surface area contributed by atoms with Crippen molar-refractivity contribution in [1.82, 2.24) is 9.31 Å². The molecule has 0 unspecified atom stereocenters. The van der Waals surface area contributed by atoms with Crippen LogP contribution in [0.2, 0.25) is 0 Å². The van der Waals surface area contributed by atoms with E-state index in [1.807, 2.05) is 48.5 Å². The summed E-state index contributed by atoms with van der Waals surface area (Å²) in [5, 5.41) is 6.52. The fourth-order valence-corrected chi connectivity index (χ4v) is 6.22. The minimum Gasteiger partial charge on any atom is -0.497 e. The Labute approximate surface area is 235 Å². The first-order valence-electron chi connectivity index (χ1n) is 13.2. The van der Waals surface area contributed by atoms with E-state index < -0.39 is 10.0 Å². The van der Waals surface area contributed by atoms with E-state index in [-0.39, 0.29) is 22.8 Å². The molecule has 3 aromatic rings. The molecule has 3 aromatic carbocycles. The van der Waals surface area contributed by atoms with Gasteiger partial charge >= 0.3 is 0 Å². The van der Waals surface area contributed by atoms with E-state index in [2.05, 4.69) is 6.08 Å². The molecule has 1 amide bonds. The van der Waals surface area contributed by atoms with Gasteiger partial charge in [-0.1, -0.05) is 24.3 Å². The Morgan fingerprint density at radius 3 is 2.10 bits per heavy atom. The number of carbonyl (C=O) groups is 1. The number of fused-ring (bicyclic) bond motifs is 1. The Morgan fingerprint density at radius 1 is 0.925 bits per heavy atom. The van der Waals surface area contributed by atoms with Crippen LogP contribution in [-0.4, -0.2) is 57.7 Å². The molecule has 8 nitrogen and oxygen atoms in total. The van der Waals surface area contributed by atoms with Gasteiger partial charge in [-0.3, -0.25) is 4.79 Å². The monoisotopic (exact) mass is 559 g/mol. The van der Waals surface area contributed by atoms with Crippen molar-refractivity contribution in [2.45, 2.75) is 30.2 Å². The standard InChI is InChI=1S/C31H33N3O5S/c1-33(2)40(36,37)27-18-12-23(13-19-27)31(35)34-30(22-10-16-26(39-4)17-11-22)28-7-5-6-24(29(28)32-34)20-21-8-14-25(38-3)15-9-21/h8-20,28,30H,5-7H2,1-4H3/b24-20-/t28-,30+/m0/s1. The lowest BCUT2D eigenvalue weighted by molar-refractivity contribution is 0.0680. The summed E-state index contributed by atoms with van der Waals surface area (Å²) in [5.41, 5.74) is 4.42. The van der Waals surface area contributed by atoms with E-state index in [1.54, 1.807) is 31.4 Å². The average molecular weight is 560 g/mol. The molecule has 1 aliphatic carbocycles. The number of benzene rings is 3. The predicted octanol–water partition coefficient (Wildman–Crippen LogP) is 5.39. The Hall–Kier alpha value is -3.95. The van der Waals surface area contributed by atoms with Crippen LogP contribution < -0.4 is 9.47 Å². The topological polar surface area (TPSA) is 88.5 Å². The van der Waals surface area contributed by atoms with Gasteiger partial charge in [0.05, 0.1) is 30.9 Å². The fraction of sp³-hybridized carbons (Fsp3) is 0.290. The summed E-state index contributed by atoms with van der Waals surface area (Å²) in [4.78, 5) is 14.1. The van der Waals surface area contributed by atoms with Crippen LogP contribution in [0.5, 0.6) is 11.5 Å². The number of hydrazone groups is 1. The highest BCUT2D eigenvalue weighted by Gasteiger charge is 2.44. The van der Waals surface area contributed by atoms with Gasteiger partial charge in [-0.15, -0.1) is 0 Å². The van der Waals surface area contributed by atoms with Crippen LogP contribution in [0.1, 0.15) is 46.8 Å². The Morgan fingerprint density at radius 2 is 1.52 bits per heavy atom. The van der Waals surface area contributed by atoms with Crippen LogP contribution in [0.4, 0.5) is 0 Å². The molecule has 1 aliphatic heterocycles. The summed E-state index contributed by atoms with van der Waals surface area (Å²) in [6.07, 6.45) is 4.90. The molecular weight excluding hydrogens is 526 g/mol. The minimum absolute atomic E-state index is 0.0315. The number of nitrogens with zero attached hydrogens (tertiary/aromatic N) is 3. The number of amides is 1. The predicted molar refractivity (Wildman–Crippen MR) is 155 cm³/mol. The third-order valence-electron chi connectivity index (χ3n) is 7.50. The molecule has 40 heavy (non-hydrogen) atoms. The molecule has 1 heterocycles. The molecule has 2 atom stereocenters. The smallest absolute Gasteiger partial charge is 0.274 e. The van der Waals surface area contributed by atoms with E-state index in [0.29, 0.717) is 5.56 Å². The number of hydrogen-bond acceptors (Lipinski definition) is 6. The van der Waals surface area contributed by atoms with Gasteiger partial charge in [-0.2, -0.15) is 5.10 Å². The quantitative estimate of drug-likeness (QED) is 0.387. The average Bonchev–Trinajstić information content (AvgIpc) is 3.38. The van der Waals surface area contributed by atoms with Gasteiger partial charge in [0.1, 0.15) is 11.5 Å². The number of sulfonamides is 1. The highest BCUT2D eigenvalue weighted by Crippen LogP contribution is 2.45. The number of methoxy groups -OCH3 is 2. The van der Waals surface area contributed by atoms with Gasteiger partial charge in [-0.05, 0) is 90.6 Å². The van der Waals surface area contributed by atoms with Crippen molar-refractivity contribution in [3.05, 3.63) is 95.1 Å². The van der Waals surface area contributed by atoms with Crippen LogP contribution in [-0.2, 0) is 10.0 Å². The maximum Gasteiger partial charge on any atom is 0.274 e. The Bertz CT molecular complexity index is 1540. The van der Waals surface area contributed by atoms with Gasteiger partial charge in [0.25, 0.3) is 5.91 Å². The van der Waals surface area contributed by atoms with Crippen LogP contribution >= 0.6 is 0 Å². The fourth-order valence-electron chi connectivity index (χ4n) is 5.32. The van der Waals surface area contributed by atoms with Crippen LogP contribution in [0.15, 0.2) is 88.4 Å². The molecule has 0 radical (unpaired) electrons. The van der Waals surface area contributed by atoms with Crippen LogP contribution in [0, 0.1) is 5.92 Å². The number of ether oxygens (including phenoxy) is 2. The van der Waals surface area contributed by atoms with E-state index in [1.165, 1.54) is 26.2 Å². The summed E-state index contributed by atoms with van der Waals surface area (Å²) < 4.78 is 36.9. The summed E-state index contributed by atoms with van der Waals surface area (Å²) >= 11 is 0. The van der Waals surface area contributed by atoms with E-state index in [0.717, 1.165) is 57.5 Å². The molecule has 208 valence electrons. The van der Waals surface area contributed by atoms with E-state index in [4.69, 9.17) is 14.6 Å². The van der Waals surface area contributed by atoms with Crippen molar-refractivity contribution in [3.63, 3.8) is 0 Å². The third-order valence-corrected chi connectivity index (χ3v) is 9.33. The summed E-state index contributed by atoms with van der Waals surface area (Å²) in [7, 11) is 2.62. The molecule has 0 saturated heterocycles. The number of hydrogen-bond donors (Lipinski definition) is 0. The second-order valence-corrected chi connectivity index (χ2v) is 12.3. The Balaban J connectivity index is 1.53. The first-order valence-corrected chi connectivity index (χ1v) is 14.6. The van der Waals surface area contributed by atoms with Crippen molar-refractivity contribution >= 4 is 27.7 Å². The maximum absolute atomic E-state index is 13.9. The molecule has 0 spiro atoms. The van der Waals surface area contributed by atoms with Crippen molar-refractivity contribution in [2.24, 2.45) is 11.0 Å². The van der Waals surface area contributed by atoms with Crippen molar-refractivity contribution in [1.29, 1.82) is 0 Å². The zero-order chi connectivity index (χ0) is 28.4. The zero-order valence-corrected chi connectivity index (χ0v) is 23.9. The van der Waals surface area contributed by atoms with Gasteiger partial charge < -0.3 is 9.47 Å². The van der Waals surface area contributed by atoms with Gasteiger partial charge in [-0.25, -0.2) is 17.7 Å². The SMILES string of the molecule is COc1ccc(/C=C2/CCC[C@H]3C2=NN(C(=O)c2ccc(S(=O)(=O)N(C)C)cc2)[C@@H]3c2ccc(OC)cc2)cc1. The zero-order valence-electron chi connectivity index (χ0n) is 23.1. The van der Waals surface area contributed by atoms with E-state index >= 15 is 0 Å². The van der Waals surface area contributed by atoms with E-state index in [9.17, 15) is 13.2 Å². The normalized spacial score (nSPS) is 19.9. The molecule has 2 aliphatic rings. The van der Waals surface area contributed by atoms with Crippen LogP contribution in [0.3, 0.4) is 0 Å². The molecule has 1 fully saturated rings. The molecule has 1 saturated carbocycles. The highest BCUT2D eigenvalue weighted by molar-refractivity contribution is 7.89. The van der Waals surface area contributed by atoms with Crippen molar-refractivity contribution < 1.29 is 22.7 Å². The largest absolute Gasteiger partial charge is 0.497 e. The molecule has 0 N–H and O–H groups in total. The number of allylic oxidation sites excluding steroid dienone is 1. The molecule has 0 bridgehead atoms. The Kier molecular flexibility index (Phi) is 7.78. The third kappa shape index (κ3) is 5.26. The van der Waals surface area contributed by atoms with Crippen molar-refractivity contribution in [2.75, 3.05) is 28.3 Å². The molecule has 9 heteroatoms. The molecule has 0 aromatic heterocycles. The maximum atomic E-state index is 13.9. The molecular formula is C31H33N3O5S. The summed E-state index contributed by atoms with van der Waals surface area (Å²) in [6.45, 7) is 0. The van der Waals surface area contributed by atoms with Gasteiger partial charge in [0.2, 0.25) is 10.0 Å². The lowest BCUT2D eigenvalue weighted by Crippen LogP contribution is -2.32. The number of rotatable bonds is 7. The first-order chi connectivity index (χ1) is 19.2. The lowest BCUT2D eigenvalue weighted by Gasteiger charge is -2.29. The summed E-state index contributed by atoms with van der Waals surface area (Å²) in [5.74, 6) is 1.29. The first kappa shape index (κ1) is 27.6. The second-order valence-electron chi connectivity index (χ2n) is 10.1. The lowest BCUT2D eigenvalue weighted by atomic mass is 9.77. The highest BCUT2D eigenvalue weighted by atomic mass is 32.2. The van der Waals surface area contributed by atoms with Crippen LogP contribution in [0.25, 0.3) is 6.08 Å². The second kappa shape index (κ2) is 11.3. The van der Waals surface area contributed by atoms with Gasteiger partial charge in [0.15, 0.2) is 0 Å². The van der Waals surface area contributed by atoms with Gasteiger partial charge in [0, 0.05) is 25.6 Å².